The van der Waals surface area contributed by atoms with Crippen molar-refractivity contribution >= 4 is 17.5 Å². The van der Waals surface area contributed by atoms with Crippen molar-refractivity contribution in [1.82, 2.24) is 10.2 Å². The van der Waals surface area contributed by atoms with Crippen LogP contribution in [0.1, 0.15) is 43.0 Å². The molecule has 2 amide bonds. The van der Waals surface area contributed by atoms with Crippen LogP contribution >= 0.6 is 0 Å². The smallest absolute Gasteiger partial charge is 0.286 e. The molecule has 0 aromatic heterocycles. The lowest BCUT2D eigenvalue weighted by atomic mass is 10.0. The number of nitrogens with zero attached hydrogens (tertiary/aromatic N) is 2. The summed E-state index contributed by atoms with van der Waals surface area (Å²) in [6.07, 6.45) is 3.16. The molecule has 0 radical (unpaired) electrons. The number of ether oxygens (including phenoxy) is 2. The van der Waals surface area contributed by atoms with Gasteiger partial charge in [-0.1, -0.05) is 0 Å². The SMILES string of the molecule is CCOc1cc(C(=O)N2CCC(NC(=O)C3CC3)CC2)c([N+](=O)[O-])cc1OC. The van der Waals surface area contributed by atoms with E-state index in [9.17, 15) is 19.7 Å². The van der Waals surface area contributed by atoms with Crippen molar-refractivity contribution in [2.24, 2.45) is 5.92 Å². The number of benzene rings is 1. The number of hydrogen-bond donors (Lipinski definition) is 1. The molecule has 1 aromatic rings. The second-order valence-corrected chi connectivity index (χ2v) is 7.06. The predicted octanol–water partition coefficient (Wildman–Crippen LogP) is 2.13. The van der Waals surface area contributed by atoms with E-state index < -0.39 is 10.8 Å². The van der Waals surface area contributed by atoms with Crippen molar-refractivity contribution in [3.05, 3.63) is 27.8 Å². The Bertz CT molecular complexity index is 769. The summed E-state index contributed by atoms with van der Waals surface area (Å²) in [6, 6.07) is 2.65. The van der Waals surface area contributed by atoms with E-state index in [0.717, 1.165) is 12.8 Å². The lowest BCUT2D eigenvalue weighted by molar-refractivity contribution is -0.385. The third-order valence-electron chi connectivity index (χ3n) is 5.09. The van der Waals surface area contributed by atoms with Gasteiger partial charge in [0.15, 0.2) is 11.5 Å². The average Bonchev–Trinajstić information content (AvgIpc) is 3.53. The Labute approximate surface area is 163 Å². The largest absolute Gasteiger partial charge is 0.493 e. The van der Waals surface area contributed by atoms with Gasteiger partial charge in [-0.25, -0.2) is 0 Å². The highest BCUT2D eigenvalue weighted by molar-refractivity contribution is 5.99. The monoisotopic (exact) mass is 391 g/mol. The van der Waals surface area contributed by atoms with Crippen molar-refractivity contribution in [2.75, 3.05) is 26.8 Å². The summed E-state index contributed by atoms with van der Waals surface area (Å²) < 4.78 is 10.6. The highest BCUT2D eigenvalue weighted by Gasteiger charge is 2.34. The Kier molecular flexibility index (Phi) is 6.01. The Hall–Kier alpha value is -2.84. The fraction of sp³-hybridized carbons (Fsp3) is 0.579. The van der Waals surface area contributed by atoms with Gasteiger partial charge in [0, 0.05) is 31.1 Å². The van der Waals surface area contributed by atoms with Gasteiger partial charge in [0.2, 0.25) is 5.91 Å². The summed E-state index contributed by atoms with van der Waals surface area (Å²) in [5.41, 5.74) is -0.329. The van der Waals surface area contributed by atoms with Crippen LogP contribution < -0.4 is 14.8 Å². The number of nitrogens with one attached hydrogen (secondary N) is 1. The zero-order chi connectivity index (χ0) is 20.3. The number of carbonyl (C=O) groups is 2. The van der Waals surface area contributed by atoms with Crippen LogP contribution in [0.3, 0.4) is 0 Å². The number of hydrogen-bond acceptors (Lipinski definition) is 6. The third kappa shape index (κ3) is 4.35. The van der Waals surface area contributed by atoms with Crippen LogP contribution in [0.2, 0.25) is 0 Å². The topological polar surface area (TPSA) is 111 Å². The molecule has 1 saturated carbocycles. The van der Waals surface area contributed by atoms with Crippen molar-refractivity contribution in [3.8, 4) is 11.5 Å². The molecule has 9 nitrogen and oxygen atoms in total. The summed E-state index contributed by atoms with van der Waals surface area (Å²) in [6.45, 7) is 2.99. The lowest BCUT2D eigenvalue weighted by Gasteiger charge is -2.32. The first kappa shape index (κ1) is 19.9. The lowest BCUT2D eigenvalue weighted by Crippen LogP contribution is -2.47. The van der Waals surface area contributed by atoms with Crippen LogP contribution in [0, 0.1) is 16.0 Å². The number of likely N-dealkylation sites (tertiary alicyclic amines) is 1. The van der Waals surface area contributed by atoms with E-state index >= 15 is 0 Å². The van der Waals surface area contributed by atoms with Gasteiger partial charge in [0.05, 0.1) is 24.7 Å². The van der Waals surface area contributed by atoms with Crippen LogP contribution in [-0.2, 0) is 4.79 Å². The number of carbonyl (C=O) groups excluding carboxylic acids is 2. The van der Waals surface area contributed by atoms with Crippen LogP contribution in [-0.4, -0.2) is 54.5 Å². The Morgan fingerprint density at radius 3 is 2.43 bits per heavy atom. The van der Waals surface area contributed by atoms with Gasteiger partial charge < -0.3 is 19.7 Å². The molecule has 1 aliphatic heterocycles. The van der Waals surface area contributed by atoms with E-state index in [0.29, 0.717) is 38.3 Å². The number of methoxy groups -OCH3 is 1. The van der Waals surface area contributed by atoms with Crippen LogP contribution in [0.4, 0.5) is 5.69 Å². The van der Waals surface area contributed by atoms with Gasteiger partial charge in [0.1, 0.15) is 5.56 Å². The summed E-state index contributed by atoms with van der Waals surface area (Å²) in [4.78, 5) is 37.3. The van der Waals surface area contributed by atoms with Gasteiger partial charge >= 0.3 is 0 Å². The molecule has 2 fully saturated rings. The molecular formula is C19H25N3O6. The molecule has 1 heterocycles. The van der Waals surface area contributed by atoms with E-state index in [1.54, 1.807) is 11.8 Å². The molecule has 0 spiro atoms. The number of amides is 2. The Morgan fingerprint density at radius 1 is 1.21 bits per heavy atom. The van der Waals surface area contributed by atoms with Crippen molar-refractivity contribution in [1.29, 1.82) is 0 Å². The first-order chi connectivity index (χ1) is 13.4. The second-order valence-electron chi connectivity index (χ2n) is 7.06. The average molecular weight is 391 g/mol. The van der Waals surface area contributed by atoms with E-state index in [2.05, 4.69) is 5.32 Å². The van der Waals surface area contributed by atoms with E-state index in [-0.39, 0.29) is 34.9 Å². The van der Waals surface area contributed by atoms with Crippen LogP contribution in [0.25, 0.3) is 0 Å². The summed E-state index contributed by atoms with van der Waals surface area (Å²) >= 11 is 0. The maximum absolute atomic E-state index is 13.0. The van der Waals surface area contributed by atoms with Gasteiger partial charge in [-0.15, -0.1) is 0 Å². The minimum atomic E-state index is -0.589. The Morgan fingerprint density at radius 2 is 1.89 bits per heavy atom. The summed E-state index contributed by atoms with van der Waals surface area (Å²) in [5.74, 6) is 0.343. The molecule has 1 N–H and O–H groups in total. The normalized spacial score (nSPS) is 17.1. The van der Waals surface area contributed by atoms with Gasteiger partial charge in [-0.2, -0.15) is 0 Å². The molecule has 28 heavy (non-hydrogen) atoms. The number of nitro benzene ring substituents is 1. The van der Waals surface area contributed by atoms with E-state index in [1.165, 1.54) is 19.2 Å². The maximum atomic E-state index is 13.0. The highest BCUT2D eigenvalue weighted by Crippen LogP contribution is 2.36. The molecule has 3 rings (SSSR count). The molecule has 0 atom stereocenters. The zero-order valence-electron chi connectivity index (χ0n) is 16.1. The standard InChI is InChI=1S/C19H25N3O6/c1-3-28-17-10-14(15(22(25)26)11-16(17)27-2)19(24)21-8-6-13(7-9-21)20-18(23)12-4-5-12/h10-13H,3-9H2,1-2H3,(H,20,23). The molecule has 2 aliphatic rings. The number of rotatable bonds is 7. The fourth-order valence-corrected chi connectivity index (χ4v) is 3.36. The number of nitro groups is 1. The van der Waals surface area contributed by atoms with Gasteiger partial charge in [0.25, 0.3) is 11.6 Å². The molecule has 1 saturated heterocycles. The van der Waals surface area contributed by atoms with Crippen LogP contribution in [0.15, 0.2) is 12.1 Å². The minimum Gasteiger partial charge on any atom is -0.493 e. The molecule has 152 valence electrons. The molecular weight excluding hydrogens is 366 g/mol. The van der Waals surface area contributed by atoms with Crippen molar-refractivity contribution in [3.63, 3.8) is 0 Å². The summed E-state index contributed by atoms with van der Waals surface area (Å²) in [7, 11) is 1.39. The number of piperidine rings is 1. The fourth-order valence-electron chi connectivity index (χ4n) is 3.36. The van der Waals surface area contributed by atoms with Gasteiger partial charge in [-0.3, -0.25) is 19.7 Å². The molecule has 1 aliphatic carbocycles. The maximum Gasteiger partial charge on any atom is 0.286 e. The summed E-state index contributed by atoms with van der Waals surface area (Å²) in [5, 5.41) is 14.5. The quantitative estimate of drug-likeness (QED) is 0.563. The third-order valence-corrected chi connectivity index (χ3v) is 5.09. The van der Waals surface area contributed by atoms with E-state index in [4.69, 9.17) is 9.47 Å². The first-order valence-corrected chi connectivity index (χ1v) is 9.53. The van der Waals surface area contributed by atoms with Crippen molar-refractivity contribution in [2.45, 2.75) is 38.6 Å². The second kappa shape index (κ2) is 8.45. The Balaban J connectivity index is 1.73. The first-order valence-electron chi connectivity index (χ1n) is 9.53. The molecule has 0 unspecified atom stereocenters. The predicted molar refractivity (Wildman–Crippen MR) is 101 cm³/mol. The van der Waals surface area contributed by atoms with Crippen LogP contribution in [0.5, 0.6) is 11.5 Å². The van der Waals surface area contributed by atoms with Crippen molar-refractivity contribution < 1.29 is 24.0 Å². The van der Waals surface area contributed by atoms with E-state index in [1.807, 2.05) is 0 Å². The molecule has 9 heteroatoms. The van der Waals surface area contributed by atoms with Gasteiger partial charge in [-0.05, 0) is 32.6 Å². The molecule has 1 aromatic carbocycles. The zero-order valence-corrected chi connectivity index (χ0v) is 16.1. The molecule has 0 bridgehead atoms. The highest BCUT2D eigenvalue weighted by atomic mass is 16.6. The minimum absolute atomic E-state index is 0.0188.